The highest BCUT2D eigenvalue weighted by atomic mass is 32.3. The Hall–Kier alpha value is -1.98. The Morgan fingerprint density at radius 3 is 1.22 bits per heavy atom. The van der Waals surface area contributed by atoms with Gasteiger partial charge in [0.15, 0.2) is 0 Å². The molecule has 0 aliphatic carbocycles. The van der Waals surface area contributed by atoms with E-state index in [0.29, 0.717) is 0 Å². The second-order valence-electron chi connectivity index (χ2n) is 12.0. The maximum absolute atomic E-state index is 4.81. The lowest BCUT2D eigenvalue weighted by atomic mass is 10.0. The second-order valence-corrected chi connectivity index (χ2v) is 25.6. The number of benzene rings is 3. The fraction of sp³-hybridized carbons (Fsp3) is 0.188. The quantitative estimate of drug-likeness (QED) is 0.187. The number of hydrogen-bond acceptors (Lipinski definition) is 7. The first kappa shape index (κ1) is 26.6. The van der Waals surface area contributed by atoms with Crippen LogP contribution in [0.5, 0.6) is 0 Å². The van der Waals surface area contributed by atoms with Crippen LogP contribution >= 0.6 is 77.1 Å². The van der Waals surface area contributed by atoms with E-state index in [1.165, 1.54) is 81.4 Å². The van der Waals surface area contributed by atoms with Crippen LogP contribution in [-0.2, 0) is 0 Å². The second kappa shape index (κ2) is 9.26. The monoisotopic (exact) mass is 664 g/mol. The molecule has 0 aliphatic rings. The third kappa shape index (κ3) is 4.47. The van der Waals surface area contributed by atoms with Crippen molar-refractivity contribution in [2.75, 3.05) is 37.5 Å². The lowest BCUT2D eigenvalue weighted by molar-refractivity contribution is 1.64. The zero-order valence-electron chi connectivity index (χ0n) is 23.5. The van der Waals surface area contributed by atoms with Crippen molar-refractivity contribution in [3.05, 3.63) is 60.7 Å². The smallest absolute Gasteiger partial charge is 0.114 e. The van der Waals surface area contributed by atoms with Crippen LogP contribution in [0.15, 0.2) is 69.1 Å². The van der Waals surface area contributed by atoms with Gasteiger partial charge in [-0.25, -0.2) is 20.1 Å². The molecule has 5 aromatic heterocycles. The Morgan fingerprint density at radius 2 is 0.829 bits per heavy atom. The third-order valence-corrected chi connectivity index (χ3v) is 18.1. The van der Waals surface area contributed by atoms with Crippen LogP contribution in [0.25, 0.3) is 72.3 Å². The molecule has 0 saturated carbocycles. The Labute approximate surface area is 262 Å². The number of hydrogen-bond donors (Lipinski definition) is 0. The molecular formula is C32H28N2S7. The number of fused-ring (bicyclic) bond motifs is 5. The minimum absolute atomic E-state index is 0.717. The van der Waals surface area contributed by atoms with Gasteiger partial charge in [0.05, 0.1) is 11.7 Å². The van der Waals surface area contributed by atoms with Crippen molar-refractivity contribution in [2.24, 2.45) is 0 Å². The van der Waals surface area contributed by atoms with E-state index in [9.17, 15) is 0 Å². The molecule has 0 amide bonds. The predicted octanol–water partition coefficient (Wildman–Crippen LogP) is 12.0. The summed E-state index contributed by atoms with van der Waals surface area (Å²) in [7, 11) is -1.43. The summed E-state index contributed by atoms with van der Waals surface area (Å²) in [5.41, 5.74) is 4.38. The van der Waals surface area contributed by atoms with Crippen molar-refractivity contribution in [2.45, 2.75) is 8.42 Å². The normalized spacial score (nSPS) is 13.9. The van der Waals surface area contributed by atoms with Crippen LogP contribution in [0.4, 0.5) is 0 Å². The van der Waals surface area contributed by atoms with Crippen molar-refractivity contribution in [3.8, 4) is 20.9 Å². The van der Waals surface area contributed by atoms with Crippen LogP contribution < -0.4 is 0 Å². The molecule has 8 aromatic rings. The SMILES string of the molecule is CS(C)(C)c1cc2cc3sc(-c4ccc(-c5cc6cc7sc(S(C)(C)C)cc7cc6s5)c5nsnc45)cc3cc2s1. The number of rotatable bonds is 4. The average molecular weight is 665 g/mol. The van der Waals surface area contributed by atoms with Gasteiger partial charge in [-0.2, -0.15) is 8.75 Å². The lowest BCUT2D eigenvalue weighted by Crippen LogP contribution is -1.87. The van der Waals surface area contributed by atoms with Crippen LogP contribution in [0.1, 0.15) is 0 Å². The van der Waals surface area contributed by atoms with E-state index >= 15 is 0 Å². The highest BCUT2D eigenvalue weighted by Gasteiger charge is 2.19. The van der Waals surface area contributed by atoms with E-state index in [0.717, 1.165) is 11.0 Å². The van der Waals surface area contributed by atoms with Crippen molar-refractivity contribution in [1.29, 1.82) is 0 Å². The number of aromatic nitrogens is 2. The molecule has 2 nitrogen and oxygen atoms in total. The van der Waals surface area contributed by atoms with Gasteiger partial charge in [-0.15, -0.1) is 45.3 Å². The Balaban J connectivity index is 1.21. The zero-order valence-corrected chi connectivity index (χ0v) is 29.2. The molecular weight excluding hydrogens is 637 g/mol. The van der Waals surface area contributed by atoms with Crippen molar-refractivity contribution in [1.82, 2.24) is 8.75 Å². The molecule has 41 heavy (non-hydrogen) atoms. The molecule has 0 spiro atoms. The molecule has 0 radical (unpaired) electrons. The first-order valence-electron chi connectivity index (χ1n) is 13.1. The lowest BCUT2D eigenvalue weighted by Gasteiger charge is -2.22. The first-order chi connectivity index (χ1) is 19.5. The van der Waals surface area contributed by atoms with Crippen LogP contribution in [-0.4, -0.2) is 46.3 Å². The average Bonchev–Trinajstić information content (AvgIpc) is 3.71. The fourth-order valence-electron chi connectivity index (χ4n) is 5.23. The maximum Gasteiger partial charge on any atom is 0.114 e. The van der Waals surface area contributed by atoms with Gasteiger partial charge in [0.1, 0.15) is 11.0 Å². The zero-order chi connectivity index (χ0) is 28.3. The maximum atomic E-state index is 4.81. The molecule has 208 valence electrons. The summed E-state index contributed by atoms with van der Waals surface area (Å²) in [6.45, 7) is 0. The van der Waals surface area contributed by atoms with Gasteiger partial charge in [-0.05, 0) is 108 Å². The topological polar surface area (TPSA) is 25.8 Å². The molecule has 0 bridgehead atoms. The molecule has 0 atom stereocenters. The van der Waals surface area contributed by atoms with Gasteiger partial charge in [0.25, 0.3) is 0 Å². The van der Waals surface area contributed by atoms with Gasteiger partial charge in [-0.1, -0.05) is 12.1 Å². The fourth-order valence-corrected chi connectivity index (χ4v) is 13.2. The summed E-state index contributed by atoms with van der Waals surface area (Å²) >= 11 is 8.96. The van der Waals surface area contributed by atoms with Gasteiger partial charge >= 0.3 is 0 Å². The van der Waals surface area contributed by atoms with E-state index in [-0.39, 0.29) is 0 Å². The first-order valence-corrected chi connectivity index (χ1v) is 22.8. The van der Waals surface area contributed by atoms with Gasteiger partial charge in [0.2, 0.25) is 0 Å². The molecule has 8 rings (SSSR count). The number of thiophene rings is 4. The van der Waals surface area contributed by atoms with E-state index in [2.05, 4.69) is 98.2 Å². The van der Waals surface area contributed by atoms with Crippen LogP contribution in [0.3, 0.4) is 0 Å². The van der Waals surface area contributed by atoms with E-state index < -0.39 is 20.1 Å². The Morgan fingerprint density at radius 1 is 0.463 bits per heavy atom. The Bertz CT molecular complexity index is 2030. The van der Waals surface area contributed by atoms with Gasteiger partial charge in [0, 0.05) is 48.1 Å². The third-order valence-electron chi connectivity index (χ3n) is 7.42. The molecule has 5 heterocycles. The molecule has 0 aliphatic heterocycles. The molecule has 0 fully saturated rings. The summed E-state index contributed by atoms with van der Waals surface area (Å²) in [5, 5.41) is 5.36. The minimum Gasteiger partial charge on any atom is -0.214 e. The largest absolute Gasteiger partial charge is 0.214 e. The van der Waals surface area contributed by atoms with Crippen LogP contribution in [0.2, 0.25) is 0 Å². The molecule has 9 heteroatoms. The molecule has 0 unspecified atom stereocenters. The van der Waals surface area contributed by atoms with E-state index in [1.807, 2.05) is 45.3 Å². The molecule has 0 N–H and O–H groups in total. The summed E-state index contributed by atoms with van der Waals surface area (Å²) in [6, 6.07) is 23.5. The molecule has 3 aromatic carbocycles. The summed E-state index contributed by atoms with van der Waals surface area (Å²) in [4.78, 5) is 2.52. The van der Waals surface area contributed by atoms with E-state index in [4.69, 9.17) is 8.75 Å². The van der Waals surface area contributed by atoms with E-state index in [1.54, 1.807) is 0 Å². The standard InChI is InChI=1S/C32H28N2S7/c1-40(2,3)29-15-19-11-23-17(9-25(19)37-29)13-27(35-23)21-7-8-22(32-31(21)33-39-34-32)28-14-18-10-26-20(12-24(18)36-28)16-30(38-26)41(4,5)6/h7-16H,1-6H3. The highest BCUT2D eigenvalue weighted by molar-refractivity contribution is 8.33. The van der Waals surface area contributed by atoms with Crippen molar-refractivity contribution in [3.63, 3.8) is 0 Å². The Kier molecular flexibility index (Phi) is 6.01. The molecule has 0 saturated heterocycles. The number of nitrogens with zero attached hydrogens (tertiary/aromatic N) is 2. The van der Waals surface area contributed by atoms with Crippen molar-refractivity contribution < 1.29 is 0 Å². The van der Waals surface area contributed by atoms with Gasteiger partial charge in [-0.3, -0.25) is 0 Å². The highest BCUT2D eigenvalue weighted by Crippen LogP contribution is 2.53. The minimum atomic E-state index is -0.717. The summed E-state index contributed by atoms with van der Waals surface area (Å²) < 4.78 is 18.1. The summed E-state index contributed by atoms with van der Waals surface area (Å²) in [6.07, 6.45) is 14.2. The predicted molar refractivity (Wildman–Crippen MR) is 197 cm³/mol. The van der Waals surface area contributed by atoms with Gasteiger partial charge < -0.3 is 0 Å². The van der Waals surface area contributed by atoms with Crippen molar-refractivity contribution >= 4 is 129 Å². The summed E-state index contributed by atoms with van der Waals surface area (Å²) in [5.74, 6) is 0. The van der Waals surface area contributed by atoms with Crippen LogP contribution in [0, 0.1) is 0 Å².